The van der Waals surface area contributed by atoms with Crippen LogP contribution >= 0.6 is 0 Å². The van der Waals surface area contributed by atoms with Gasteiger partial charge >= 0.3 is 0 Å². The highest BCUT2D eigenvalue weighted by molar-refractivity contribution is 5.99. The molecule has 1 heteroatoms. The molecule has 4 rings (SSSR count). The van der Waals surface area contributed by atoms with E-state index in [1.54, 1.807) is 0 Å². The molecule has 104 valence electrons. The van der Waals surface area contributed by atoms with E-state index in [1.165, 1.54) is 34.7 Å². The quantitative estimate of drug-likeness (QED) is 0.655. The van der Waals surface area contributed by atoms with E-state index in [-0.39, 0.29) is 0 Å². The monoisotopic (exact) mass is 274 g/mol. The molecule has 0 saturated carbocycles. The fourth-order valence-electron chi connectivity index (χ4n) is 3.56. The fraction of sp³-hybridized carbons (Fsp3) is 0.200. The van der Waals surface area contributed by atoms with Crippen LogP contribution in [0.5, 0.6) is 5.75 Å². The SMILES string of the molecule is Oc1ccc2c(c1-c1cccc3ccccc13)CCCC2. The second-order valence-corrected chi connectivity index (χ2v) is 5.83. The van der Waals surface area contributed by atoms with Crippen LogP contribution in [0.3, 0.4) is 0 Å². The fourth-order valence-corrected chi connectivity index (χ4v) is 3.56. The zero-order valence-electron chi connectivity index (χ0n) is 12.0. The van der Waals surface area contributed by atoms with Crippen molar-refractivity contribution in [1.29, 1.82) is 0 Å². The zero-order chi connectivity index (χ0) is 14.2. The van der Waals surface area contributed by atoms with Crippen LogP contribution in [-0.4, -0.2) is 5.11 Å². The number of phenols is 1. The second-order valence-electron chi connectivity index (χ2n) is 5.83. The van der Waals surface area contributed by atoms with Crippen LogP contribution in [0.25, 0.3) is 21.9 Å². The van der Waals surface area contributed by atoms with Crippen LogP contribution in [0.15, 0.2) is 54.6 Å². The molecule has 0 aliphatic heterocycles. The first kappa shape index (κ1) is 12.5. The summed E-state index contributed by atoms with van der Waals surface area (Å²) < 4.78 is 0. The van der Waals surface area contributed by atoms with Crippen molar-refractivity contribution in [2.75, 3.05) is 0 Å². The lowest BCUT2D eigenvalue weighted by atomic mass is 9.84. The van der Waals surface area contributed by atoms with Crippen molar-refractivity contribution in [3.63, 3.8) is 0 Å². The van der Waals surface area contributed by atoms with E-state index in [9.17, 15) is 5.11 Å². The molecule has 0 heterocycles. The van der Waals surface area contributed by atoms with Crippen LogP contribution in [0, 0.1) is 0 Å². The summed E-state index contributed by atoms with van der Waals surface area (Å²) >= 11 is 0. The predicted octanol–water partition coefficient (Wildman–Crippen LogP) is 5.09. The van der Waals surface area contributed by atoms with Gasteiger partial charge in [-0.1, -0.05) is 48.5 Å². The third-order valence-corrected chi connectivity index (χ3v) is 4.57. The number of hydrogen-bond acceptors (Lipinski definition) is 1. The molecule has 0 spiro atoms. The summed E-state index contributed by atoms with van der Waals surface area (Å²) in [5.74, 6) is 0.409. The Kier molecular flexibility index (Phi) is 2.92. The molecule has 21 heavy (non-hydrogen) atoms. The van der Waals surface area contributed by atoms with E-state index in [4.69, 9.17) is 0 Å². The lowest BCUT2D eigenvalue weighted by molar-refractivity contribution is 0.475. The maximum absolute atomic E-state index is 10.5. The molecule has 3 aromatic carbocycles. The molecule has 0 saturated heterocycles. The van der Waals surface area contributed by atoms with Crippen molar-refractivity contribution in [1.82, 2.24) is 0 Å². The van der Waals surface area contributed by atoms with E-state index in [1.807, 2.05) is 6.07 Å². The van der Waals surface area contributed by atoms with Crippen molar-refractivity contribution in [3.8, 4) is 16.9 Å². The highest BCUT2D eigenvalue weighted by Gasteiger charge is 2.18. The van der Waals surface area contributed by atoms with E-state index in [2.05, 4.69) is 48.5 Å². The van der Waals surface area contributed by atoms with Crippen molar-refractivity contribution >= 4 is 10.8 Å². The van der Waals surface area contributed by atoms with Crippen LogP contribution < -0.4 is 0 Å². The van der Waals surface area contributed by atoms with Crippen LogP contribution in [-0.2, 0) is 12.8 Å². The number of benzene rings is 3. The third kappa shape index (κ3) is 2.01. The number of aryl methyl sites for hydroxylation is 1. The summed E-state index contributed by atoms with van der Waals surface area (Å²) in [5, 5.41) is 12.9. The topological polar surface area (TPSA) is 20.2 Å². The Labute approximate surface area is 124 Å². The Bertz CT molecular complexity index is 812. The van der Waals surface area contributed by atoms with Crippen molar-refractivity contribution < 1.29 is 5.11 Å². The smallest absolute Gasteiger partial charge is 0.123 e. The molecule has 0 atom stereocenters. The molecule has 0 amide bonds. The standard InChI is InChI=1S/C20H18O/c21-19-13-12-15-7-2-4-10-17(15)20(19)18-11-5-8-14-6-1-3-9-16(14)18/h1,3,5-6,8-9,11-13,21H,2,4,7,10H2. The van der Waals surface area contributed by atoms with Gasteiger partial charge in [0.05, 0.1) is 0 Å². The zero-order valence-corrected chi connectivity index (χ0v) is 12.0. The second kappa shape index (κ2) is 4.92. The van der Waals surface area contributed by atoms with Gasteiger partial charge in [0.15, 0.2) is 0 Å². The molecular formula is C20H18O. The molecule has 0 unspecified atom stereocenters. The Morgan fingerprint density at radius 3 is 2.52 bits per heavy atom. The largest absolute Gasteiger partial charge is 0.507 e. The molecule has 1 N–H and O–H groups in total. The molecule has 1 aliphatic rings. The van der Waals surface area contributed by atoms with Crippen LogP contribution in [0.4, 0.5) is 0 Å². The third-order valence-electron chi connectivity index (χ3n) is 4.57. The number of phenolic OH excluding ortho intramolecular Hbond substituents is 1. The molecule has 0 fully saturated rings. The molecular weight excluding hydrogens is 256 g/mol. The highest BCUT2D eigenvalue weighted by atomic mass is 16.3. The van der Waals surface area contributed by atoms with E-state index >= 15 is 0 Å². The van der Waals surface area contributed by atoms with Crippen LogP contribution in [0.1, 0.15) is 24.0 Å². The summed E-state index contributed by atoms with van der Waals surface area (Å²) in [6.45, 7) is 0. The van der Waals surface area contributed by atoms with E-state index in [0.29, 0.717) is 5.75 Å². The van der Waals surface area contributed by atoms with Crippen molar-refractivity contribution in [2.24, 2.45) is 0 Å². The molecule has 0 bridgehead atoms. The number of rotatable bonds is 1. The summed E-state index contributed by atoms with van der Waals surface area (Å²) in [5.41, 5.74) is 4.95. The Balaban J connectivity index is 2.05. The minimum Gasteiger partial charge on any atom is -0.507 e. The lowest BCUT2D eigenvalue weighted by Gasteiger charge is -2.21. The average molecular weight is 274 g/mol. The van der Waals surface area contributed by atoms with E-state index in [0.717, 1.165) is 24.0 Å². The van der Waals surface area contributed by atoms with Gasteiger partial charge in [-0.2, -0.15) is 0 Å². The van der Waals surface area contributed by atoms with E-state index < -0.39 is 0 Å². The van der Waals surface area contributed by atoms with Gasteiger partial charge in [-0.15, -0.1) is 0 Å². The maximum Gasteiger partial charge on any atom is 0.123 e. The van der Waals surface area contributed by atoms with Crippen LogP contribution in [0.2, 0.25) is 0 Å². The minimum absolute atomic E-state index is 0.409. The Morgan fingerprint density at radius 2 is 1.57 bits per heavy atom. The Hall–Kier alpha value is -2.28. The summed E-state index contributed by atoms with van der Waals surface area (Å²) in [6, 6.07) is 18.7. The molecule has 3 aromatic rings. The summed E-state index contributed by atoms with van der Waals surface area (Å²) in [4.78, 5) is 0. The molecule has 1 aliphatic carbocycles. The van der Waals surface area contributed by atoms with Crippen molar-refractivity contribution in [2.45, 2.75) is 25.7 Å². The lowest BCUT2D eigenvalue weighted by Crippen LogP contribution is -2.04. The highest BCUT2D eigenvalue weighted by Crippen LogP contribution is 2.40. The van der Waals surface area contributed by atoms with Gasteiger partial charge in [0.2, 0.25) is 0 Å². The number of fused-ring (bicyclic) bond motifs is 2. The Morgan fingerprint density at radius 1 is 0.762 bits per heavy atom. The van der Waals surface area contributed by atoms with Gasteiger partial charge in [-0.25, -0.2) is 0 Å². The first-order valence-electron chi connectivity index (χ1n) is 7.66. The molecule has 0 radical (unpaired) electrons. The minimum atomic E-state index is 0.409. The van der Waals surface area contributed by atoms with Crippen molar-refractivity contribution in [3.05, 3.63) is 65.7 Å². The summed E-state index contributed by atoms with van der Waals surface area (Å²) in [6.07, 6.45) is 4.68. The summed E-state index contributed by atoms with van der Waals surface area (Å²) in [7, 11) is 0. The average Bonchev–Trinajstić information content (AvgIpc) is 2.54. The van der Waals surface area contributed by atoms with Gasteiger partial charge in [-0.3, -0.25) is 0 Å². The number of aromatic hydroxyl groups is 1. The normalized spacial score (nSPS) is 14.1. The van der Waals surface area contributed by atoms with Gasteiger partial charge in [0, 0.05) is 5.56 Å². The predicted molar refractivity (Wildman–Crippen MR) is 87.7 cm³/mol. The number of hydrogen-bond donors (Lipinski definition) is 1. The first-order valence-corrected chi connectivity index (χ1v) is 7.66. The maximum atomic E-state index is 10.5. The van der Waals surface area contributed by atoms with Gasteiger partial charge < -0.3 is 5.11 Å². The molecule has 1 nitrogen and oxygen atoms in total. The molecule has 0 aromatic heterocycles. The first-order chi connectivity index (χ1) is 10.3. The van der Waals surface area contributed by atoms with Gasteiger partial charge in [0.25, 0.3) is 0 Å². The van der Waals surface area contributed by atoms with Gasteiger partial charge in [-0.05, 0) is 59.2 Å². The van der Waals surface area contributed by atoms with Gasteiger partial charge in [0.1, 0.15) is 5.75 Å².